The quantitative estimate of drug-likeness (QED) is 0.729. The maximum atomic E-state index is 12.3. The topological polar surface area (TPSA) is 89.6 Å². The normalized spacial score (nSPS) is 12.9. The van der Waals surface area contributed by atoms with Crippen molar-refractivity contribution in [2.24, 2.45) is 0 Å². The van der Waals surface area contributed by atoms with Crippen LogP contribution in [0, 0.1) is 0 Å². The molecule has 3 heterocycles. The largest absolute Gasteiger partial charge is 0.369 e. The number of aromatic nitrogens is 4. The average Bonchev–Trinajstić information content (AvgIpc) is 2.98. The van der Waals surface area contributed by atoms with E-state index >= 15 is 0 Å². The Morgan fingerprint density at radius 1 is 1.56 bits per heavy atom. The summed E-state index contributed by atoms with van der Waals surface area (Å²) in [5.74, 6) is 0.179. The van der Waals surface area contributed by atoms with Gasteiger partial charge in [0.15, 0.2) is 11.2 Å². The van der Waals surface area contributed by atoms with Crippen molar-refractivity contribution in [3.63, 3.8) is 0 Å². The van der Waals surface area contributed by atoms with E-state index in [-0.39, 0.29) is 17.5 Å². The highest BCUT2D eigenvalue weighted by molar-refractivity contribution is 7.07. The van der Waals surface area contributed by atoms with Gasteiger partial charge in [0.2, 0.25) is 5.95 Å². The molecule has 0 aliphatic rings. The molecule has 1 unspecified atom stereocenters. The fraction of sp³-hybridized carbons (Fsp3) is 0.182. The minimum atomic E-state index is -0.200. The van der Waals surface area contributed by atoms with E-state index in [1.54, 1.807) is 11.3 Å². The summed E-state index contributed by atoms with van der Waals surface area (Å²) >= 11 is 1.58. The maximum Gasteiger partial charge on any atom is 0.281 e. The molecule has 0 bridgehead atoms. The molecule has 0 radical (unpaired) electrons. The van der Waals surface area contributed by atoms with Crippen LogP contribution in [-0.4, -0.2) is 19.5 Å². The van der Waals surface area contributed by atoms with E-state index in [9.17, 15) is 4.79 Å². The Kier molecular flexibility index (Phi) is 2.41. The zero-order chi connectivity index (χ0) is 12.7. The second-order valence-electron chi connectivity index (χ2n) is 3.98. The molecule has 6 nitrogen and oxygen atoms in total. The summed E-state index contributed by atoms with van der Waals surface area (Å²) < 4.78 is 1.47. The maximum absolute atomic E-state index is 12.3. The standard InChI is InChI=1S/C11H11N5OS/c1-6(7-2-3-18-4-7)16-10(17)8-9(14-5-13-8)15-11(16)12/h2-6H,1H3,(H2,12,15)(H,13,14). The first kappa shape index (κ1) is 11.0. The first-order valence-corrected chi connectivity index (χ1v) is 6.36. The van der Waals surface area contributed by atoms with E-state index in [0.717, 1.165) is 5.56 Å². The molecule has 92 valence electrons. The minimum absolute atomic E-state index is 0.149. The van der Waals surface area contributed by atoms with Crippen LogP contribution in [0.2, 0.25) is 0 Å². The van der Waals surface area contributed by atoms with Gasteiger partial charge in [-0.2, -0.15) is 16.3 Å². The van der Waals surface area contributed by atoms with Crippen LogP contribution in [0.15, 0.2) is 27.9 Å². The molecule has 0 aliphatic carbocycles. The van der Waals surface area contributed by atoms with Gasteiger partial charge in [-0.3, -0.25) is 9.36 Å². The van der Waals surface area contributed by atoms with E-state index in [1.165, 1.54) is 10.9 Å². The van der Waals surface area contributed by atoms with Crippen LogP contribution in [0.25, 0.3) is 11.2 Å². The predicted molar refractivity (Wildman–Crippen MR) is 70.7 cm³/mol. The van der Waals surface area contributed by atoms with Crippen LogP contribution in [-0.2, 0) is 0 Å². The Bertz CT molecular complexity index is 742. The molecule has 0 aliphatic heterocycles. The number of H-pyrrole nitrogens is 1. The summed E-state index contributed by atoms with van der Waals surface area (Å²) in [6.07, 6.45) is 1.44. The summed E-state index contributed by atoms with van der Waals surface area (Å²) in [5.41, 5.74) is 7.43. The Hall–Kier alpha value is -2.15. The highest BCUT2D eigenvalue weighted by atomic mass is 32.1. The zero-order valence-corrected chi connectivity index (χ0v) is 10.4. The highest BCUT2D eigenvalue weighted by Gasteiger charge is 2.17. The number of fused-ring (bicyclic) bond motifs is 1. The van der Waals surface area contributed by atoms with Crippen molar-refractivity contribution in [3.05, 3.63) is 39.1 Å². The van der Waals surface area contributed by atoms with Gasteiger partial charge in [0.25, 0.3) is 5.56 Å². The second-order valence-corrected chi connectivity index (χ2v) is 4.76. The van der Waals surface area contributed by atoms with Crippen LogP contribution in [0.4, 0.5) is 5.95 Å². The second kappa shape index (κ2) is 3.95. The zero-order valence-electron chi connectivity index (χ0n) is 9.62. The molecular weight excluding hydrogens is 250 g/mol. The lowest BCUT2D eigenvalue weighted by Crippen LogP contribution is -2.27. The fourth-order valence-corrected chi connectivity index (χ4v) is 2.70. The first-order chi connectivity index (χ1) is 8.68. The third kappa shape index (κ3) is 1.52. The van der Waals surface area contributed by atoms with Crippen LogP contribution in [0.1, 0.15) is 18.5 Å². The molecular formula is C11H11N5OS. The summed E-state index contributed by atoms with van der Waals surface area (Å²) in [4.78, 5) is 23.2. The molecule has 18 heavy (non-hydrogen) atoms. The van der Waals surface area contributed by atoms with Crippen molar-refractivity contribution in [2.75, 3.05) is 5.73 Å². The number of nitrogen functional groups attached to an aromatic ring is 1. The predicted octanol–water partition coefficient (Wildman–Crippen LogP) is 1.37. The lowest BCUT2D eigenvalue weighted by atomic mass is 10.2. The lowest BCUT2D eigenvalue weighted by molar-refractivity contribution is 0.621. The van der Waals surface area contributed by atoms with Gasteiger partial charge in [0.05, 0.1) is 12.4 Å². The molecule has 0 aromatic carbocycles. The Balaban J connectivity index is 2.25. The summed E-state index contributed by atoms with van der Waals surface area (Å²) in [6.45, 7) is 1.92. The summed E-state index contributed by atoms with van der Waals surface area (Å²) in [5, 5.41) is 3.96. The van der Waals surface area contributed by atoms with Gasteiger partial charge < -0.3 is 10.7 Å². The number of hydrogen-bond acceptors (Lipinski definition) is 5. The van der Waals surface area contributed by atoms with Gasteiger partial charge in [0, 0.05) is 0 Å². The molecule has 0 saturated carbocycles. The number of nitrogens with two attached hydrogens (primary N) is 1. The number of thiophene rings is 1. The molecule has 0 spiro atoms. The van der Waals surface area contributed by atoms with Gasteiger partial charge in [-0.25, -0.2) is 4.98 Å². The van der Waals surface area contributed by atoms with Crippen molar-refractivity contribution in [1.82, 2.24) is 19.5 Å². The Morgan fingerprint density at radius 2 is 2.39 bits per heavy atom. The van der Waals surface area contributed by atoms with Gasteiger partial charge in [0.1, 0.15) is 0 Å². The average molecular weight is 261 g/mol. The number of hydrogen-bond donors (Lipinski definition) is 2. The minimum Gasteiger partial charge on any atom is -0.369 e. The molecule has 3 rings (SSSR count). The van der Waals surface area contributed by atoms with Gasteiger partial charge >= 0.3 is 0 Å². The van der Waals surface area contributed by atoms with E-state index in [2.05, 4.69) is 15.0 Å². The van der Waals surface area contributed by atoms with Crippen LogP contribution in [0.3, 0.4) is 0 Å². The molecule has 3 aromatic heterocycles. The highest BCUT2D eigenvalue weighted by Crippen LogP contribution is 2.21. The first-order valence-electron chi connectivity index (χ1n) is 5.41. The SMILES string of the molecule is CC(c1ccsc1)n1c(N)nc2nc[nH]c2c1=O. The molecule has 0 amide bonds. The van der Waals surface area contributed by atoms with E-state index in [1.807, 2.05) is 23.8 Å². The Labute approximate surface area is 106 Å². The van der Waals surface area contributed by atoms with Crippen molar-refractivity contribution in [2.45, 2.75) is 13.0 Å². The number of nitrogens with one attached hydrogen (secondary N) is 1. The van der Waals surface area contributed by atoms with Crippen molar-refractivity contribution in [3.8, 4) is 0 Å². The van der Waals surface area contributed by atoms with E-state index in [0.29, 0.717) is 11.2 Å². The summed E-state index contributed by atoms with van der Waals surface area (Å²) in [7, 11) is 0. The molecule has 0 fully saturated rings. The molecule has 7 heteroatoms. The monoisotopic (exact) mass is 261 g/mol. The third-order valence-electron chi connectivity index (χ3n) is 2.93. The number of imidazole rings is 1. The van der Waals surface area contributed by atoms with Crippen molar-refractivity contribution < 1.29 is 0 Å². The fourth-order valence-electron chi connectivity index (χ4n) is 1.95. The molecule has 1 atom stereocenters. The van der Waals surface area contributed by atoms with Crippen molar-refractivity contribution >= 4 is 28.4 Å². The van der Waals surface area contributed by atoms with Crippen LogP contribution < -0.4 is 11.3 Å². The number of aromatic amines is 1. The number of nitrogens with zero attached hydrogens (tertiary/aromatic N) is 3. The lowest BCUT2D eigenvalue weighted by Gasteiger charge is -2.15. The van der Waals surface area contributed by atoms with Crippen LogP contribution >= 0.6 is 11.3 Å². The smallest absolute Gasteiger partial charge is 0.281 e. The van der Waals surface area contributed by atoms with Gasteiger partial charge in [-0.05, 0) is 29.3 Å². The van der Waals surface area contributed by atoms with Crippen molar-refractivity contribution in [1.29, 1.82) is 0 Å². The van der Waals surface area contributed by atoms with E-state index < -0.39 is 0 Å². The van der Waals surface area contributed by atoms with Gasteiger partial charge in [-0.15, -0.1) is 0 Å². The summed E-state index contributed by atoms with van der Waals surface area (Å²) in [6, 6.07) is 1.82. The van der Waals surface area contributed by atoms with Crippen LogP contribution in [0.5, 0.6) is 0 Å². The number of rotatable bonds is 2. The molecule has 0 saturated heterocycles. The van der Waals surface area contributed by atoms with Gasteiger partial charge in [-0.1, -0.05) is 0 Å². The third-order valence-corrected chi connectivity index (χ3v) is 3.63. The Morgan fingerprint density at radius 3 is 3.11 bits per heavy atom. The number of anilines is 1. The molecule has 3 aromatic rings. The molecule has 3 N–H and O–H groups in total. The van der Waals surface area contributed by atoms with E-state index in [4.69, 9.17) is 5.73 Å².